The van der Waals surface area contributed by atoms with E-state index in [1.165, 1.54) is 10.1 Å². The van der Waals surface area contributed by atoms with Gasteiger partial charge in [0.1, 0.15) is 5.65 Å². The van der Waals surface area contributed by atoms with Gasteiger partial charge in [-0.2, -0.15) is 4.39 Å². The van der Waals surface area contributed by atoms with Gasteiger partial charge < -0.3 is 9.80 Å². The number of halogens is 1. The van der Waals surface area contributed by atoms with Gasteiger partial charge in [0.15, 0.2) is 5.69 Å². The molecule has 6 heteroatoms. The molecule has 1 aromatic carbocycles. The summed E-state index contributed by atoms with van der Waals surface area (Å²) in [5.74, 6) is -0.604. The van der Waals surface area contributed by atoms with E-state index in [9.17, 15) is 9.18 Å². The first-order chi connectivity index (χ1) is 13.0. The summed E-state index contributed by atoms with van der Waals surface area (Å²) in [7, 11) is 1.72. The van der Waals surface area contributed by atoms with Crippen molar-refractivity contribution in [3.8, 4) is 0 Å². The van der Waals surface area contributed by atoms with Gasteiger partial charge in [-0.3, -0.25) is 9.20 Å². The number of benzene rings is 1. The predicted molar refractivity (Wildman–Crippen MR) is 104 cm³/mol. The molecule has 1 saturated heterocycles. The summed E-state index contributed by atoms with van der Waals surface area (Å²) < 4.78 is 15.9. The van der Waals surface area contributed by atoms with Crippen LogP contribution < -0.4 is 4.90 Å². The molecule has 1 aliphatic heterocycles. The fraction of sp³-hybridized carbons (Fsp3) is 0.333. The molecule has 1 aliphatic rings. The standard InChI is InChI=1S/C21H23FN4O/c1-15-8-11-26-18(12-15)23-19(20(26)22)21(27)24(2)13-16-9-10-25(14-16)17-6-4-3-5-7-17/h3-8,11-12,16H,9-10,13-14H2,1-2H3/t16-/m1/s1. The van der Waals surface area contributed by atoms with Crippen molar-refractivity contribution in [2.24, 2.45) is 5.92 Å². The number of imidazole rings is 1. The number of carbonyl (C=O) groups is 1. The van der Waals surface area contributed by atoms with Crippen molar-refractivity contribution in [2.45, 2.75) is 13.3 Å². The summed E-state index contributed by atoms with van der Waals surface area (Å²) in [6, 6.07) is 13.9. The summed E-state index contributed by atoms with van der Waals surface area (Å²) >= 11 is 0. The second kappa shape index (κ2) is 7.02. The molecule has 0 saturated carbocycles. The van der Waals surface area contributed by atoms with Gasteiger partial charge in [-0.1, -0.05) is 18.2 Å². The number of hydrogen-bond acceptors (Lipinski definition) is 3. The SMILES string of the molecule is Cc1ccn2c(F)c(C(=O)N(C)C[C@H]3CCN(c4ccccc4)C3)nc2c1. The predicted octanol–water partition coefficient (Wildman–Crippen LogP) is 3.38. The van der Waals surface area contributed by atoms with E-state index in [-0.39, 0.29) is 11.6 Å². The molecule has 140 valence electrons. The molecule has 5 nitrogen and oxygen atoms in total. The van der Waals surface area contributed by atoms with Gasteiger partial charge >= 0.3 is 0 Å². The van der Waals surface area contributed by atoms with Gasteiger partial charge in [-0.05, 0) is 49.1 Å². The van der Waals surface area contributed by atoms with Crippen molar-refractivity contribution in [3.05, 3.63) is 65.9 Å². The van der Waals surface area contributed by atoms with Crippen LogP contribution in [0.5, 0.6) is 0 Å². The molecular formula is C21H23FN4O. The minimum atomic E-state index is -0.598. The lowest BCUT2D eigenvalue weighted by molar-refractivity contribution is 0.0766. The van der Waals surface area contributed by atoms with E-state index in [1.807, 2.05) is 25.1 Å². The lowest BCUT2D eigenvalue weighted by atomic mass is 10.1. The molecule has 3 heterocycles. The van der Waals surface area contributed by atoms with Crippen molar-refractivity contribution in [2.75, 3.05) is 31.6 Å². The van der Waals surface area contributed by atoms with Crippen LogP contribution in [0.4, 0.5) is 10.1 Å². The molecule has 1 fully saturated rings. The number of pyridine rings is 1. The van der Waals surface area contributed by atoms with Crippen LogP contribution in [0, 0.1) is 18.8 Å². The number of fused-ring (bicyclic) bond motifs is 1. The molecule has 4 rings (SSSR count). The van der Waals surface area contributed by atoms with Gasteiger partial charge in [-0.25, -0.2) is 4.98 Å². The zero-order valence-corrected chi connectivity index (χ0v) is 15.6. The number of rotatable bonds is 4. The van der Waals surface area contributed by atoms with E-state index in [4.69, 9.17) is 0 Å². The van der Waals surface area contributed by atoms with Crippen LogP contribution in [0.1, 0.15) is 22.5 Å². The Morgan fingerprint density at radius 3 is 2.85 bits per heavy atom. The maximum atomic E-state index is 14.6. The van der Waals surface area contributed by atoms with Gasteiger partial charge in [0.25, 0.3) is 5.91 Å². The van der Waals surface area contributed by atoms with E-state index >= 15 is 0 Å². The molecule has 0 aliphatic carbocycles. The van der Waals surface area contributed by atoms with Gasteiger partial charge in [-0.15, -0.1) is 0 Å². The van der Waals surface area contributed by atoms with Crippen LogP contribution >= 0.6 is 0 Å². The second-order valence-corrected chi connectivity index (χ2v) is 7.31. The number of hydrogen-bond donors (Lipinski definition) is 0. The van der Waals surface area contributed by atoms with Crippen LogP contribution in [0.2, 0.25) is 0 Å². The highest BCUT2D eigenvalue weighted by atomic mass is 19.1. The first kappa shape index (κ1) is 17.5. The van der Waals surface area contributed by atoms with Crippen molar-refractivity contribution in [1.82, 2.24) is 14.3 Å². The number of aryl methyl sites for hydroxylation is 1. The number of anilines is 1. The largest absolute Gasteiger partial charge is 0.371 e. The normalized spacial score (nSPS) is 16.9. The maximum absolute atomic E-state index is 14.6. The lowest BCUT2D eigenvalue weighted by Gasteiger charge is -2.22. The molecule has 0 unspecified atom stereocenters. The lowest BCUT2D eigenvalue weighted by Crippen LogP contribution is -2.33. The second-order valence-electron chi connectivity index (χ2n) is 7.31. The molecule has 0 radical (unpaired) electrons. The Bertz CT molecular complexity index is 969. The maximum Gasteiger partial charge on any atom is 0.277 e. The smallest absolute Gasteiger partial charge is 0.277 e. The van der Waals surface area contributed by atoms with Crippen molar-refractivity contribution in [3.63, 3.8) is 0 Å². The van der Waals surface area contributed by atoms with Crippen LogP contribution in [0.3, 0.4) is 0 Å². The Balaban J connectivity index is 1.45. The topological polar surface area (TPSA) is 40.9 Å². The Hall–Kier alpha value is -2.89. The highest BCUT2D eigenvalue weighted by molar-refractivity contribution is 5.93. The van der Waals surface area contributed by atoms with Crippen LogP contribution in [0.25, 0.3) is 5.65 Å². The number of aromatic nitrogens is 2. The summed E-state index contributed by atoms with van der Waals surface area (Å²) in [5, 5.41) is 0. The molecular weight excluding hydrogens is 343 g/mol. The quantitative estimate of drug-likeness (QED) is 0.711. The molecule has 1 amide bonds. The number of nitrogens with zero attached hydrogens (tertiary/aromatic N) is 4. The van der Waals surface area contributed by atoms with Gasteiger partial charge in [0, 0.05) is 38.6 Å². The van der Waals surface area contributed by atoms with Crippen LogP contribution in [-0.4, -0.2) is 46.9 Å². The van der Waals surface area contributed by atoms with Gasteiger partial charge in [0.2, 0.25) is 5.95 Å². The van der Waals surface area contributed by atoms with Crippen molar-refractivity contribution >= 4 is 17.2 Å². The van der Waals surface area contributed by atoms with E-state index in [0.717, 1.165) is 25.1 Å². The van der Waals surface area contributed by atoms with E-state index in [2.05, 4.69) is 22.0 Å². The Kier molecular flexibility index (Phi) is 4.56. The Labute approximate surface area is 158 Å². The summed E-state index contributed by atoms with van der Waals surface area (Å²) in [6.45, 7) is 4.38. The molecule has 1 atom stereocenters. The molecule has 27 heavy (non-hydrogen) atoms. The van der Waals surface area contributed by atoms with Gasteiger partial charge in [0.05, 0.1) is 0 Å². The Morgan fingerprint density at radius 1 is 1.30 bits per heavy atom. The number of amides is 1. The fourth-order valence-electron chi connectivity index (χ4n) is 3.76. The number of carbonyl (C=O) groups excluding carboxylic acids is 1. The zero-order valence-electron chi connectivity index (χ0n) is 15.6. The minimum absolute atomic E-state index is 0.110. The third-order valence-corrected chi connectivity index (χ3v) is 5.21. The highest BCUT2D eigenvalue weighted by Crippen LogP contribution is 2.24. The summed E-state index contributed by atoms with van der Waals surface area (Å²) in [6.07, 6.45) is 2.62. The zero-order chi connectivity index (χ0) is 19.0. The number of para-hydroxylation sites is 1. The van der Waals surface area contributed by atoms with E-state index in [1.54, 1.807) is 30.3 Å². The first-order valence-corrected chi connectivity index (χ1v) is 9.22. The van der Waals surface area contributed by atoms with E-state index in [0.29, 0.717) is 18.1 Å². The summed E-state index contributed by atoms with van der Waals surface area (Å²) in [4.78, 5) is 20.9. The fourth-order valence-corrected chi connectivity index (χ4v) is 3.76. The Morgan fingerprint density at radius 2 is 2.07 bits per heavy atom. The third kappa shape index (κ3) is 3.39. The highest BCUT2D eigenvalue weighted by Gasteiger charge is 2.28. The van der Waals surface area contributed by atoms with Crippen LogP contribution in [-0.2, 0) is 0 Å². The summed E-state index contributed by atoms with van der Waals surface area (Å²) in [5.41, 5.74) is 2.53. The van der Waals surface area contributed by atoms with Crippen LogP contribution in [0.15, 0.2) is 48.7 Å². The minimum Gasteiger partial charge on any atom is -0.371 e. The molecule has 2 aromatic heterocycles. The molecule has 3 aromatic rings. The first-order valence-electron chi connectivity index (χ1n) is 9.22. The monoisotopic (exact) mass is 366 g/mol. The average Bonchev–Trinajstić information content (AvgIpc) is 3.26. The average molecular weight is 366 g/mol. The third-order valence-electron chi connectivity index (χ3n) is 5.21. The molecule has 0 spiro atoms. The van der Waals surface area contributed by atoms with E-state index < -0.39 is 5.95 Å². The van der Waals surface area contributed by atoms with Crippen molar-refractivity contribution in [1.29, 1.82) is 0 Å². The molecule has 0 N–H and O–H groups in total. The molecule has 0 bridgehead atoms. The van der Waals surface area contributed by atoms with Crippen molar-refractivity contribution < 1.29 is 9.18 Å².